The highest BCUT2D eigenvalue weighted by Gasteiger charge is 2.58. The Kier molecular flexibility index (Phi) is 4.10. The normalized spacial score (nSPS) is 32.3. The maximum atomic E-state index is 12.1. The van der Waals surface area contributed by atoms with Gasteiger partial charge in [0.05, 0.1) is 11.6 Å². The van der Waals surface area contributed by atoms with Crippen molar-refractivity contribution in [1.82, 2.24) is 19.6 Å². The number of rotatable bonds is 4. The van der Waals surface area contributed by atoms with Crippen LogP contribution in [-0.4, -0.2) is 76.1 Å². The van der Waals surface area contributed by atoms with E-state index in [1.807, 2.05) is 19.4 Å². The predicted octanol–water partition coefficient (Wildman–Crippen LogP) is 0.418. The van der Waals surface area contributed by atoms with Gasteiger partial charge in [-0.05, 0) is 12.8 Å². The fourth-order valence-electron chi connectivity index (χ4n) is 4.77. The molecule has 4 rings (SSSR count). The van der Waals surface area contributed by atoms with E-state index in [2.05, 4.69) is 14.9 Å². The van der Waals surface area contributed by atoms with Crippen molar-refractivity contribution >= 4 is 5.97 Å². The first-order valence-electron chi connectivity index (χ1n) is 8.82. The van der Waals surface area contributed by atoms with Gasteiger partial charge in [-0.2, -0.15) is 5.10 Å². The lowest BCUT2D eigenvalue weighted by atomic mass is 9.81. The number of carboxylic acids is 1. The van der Waals surface area contributed by atoms with Gasteiger partial charge >= 0.3 is 5.97 Å². The summed E-state index contributed by atoms with van der Waals surface area (Å²) in [7, 11) is 1.91. The van der Waals surface area contributed by atoms with Crippen LogP contribution in [0, 0.1) is 11.3 Å². The summed E-state index contributed by atoms with van der Waals surface area (Å²) in [5.41, 5.74) is 0.542. The lowest BCUT2D eigenvalue weighted by molar-refractivity contribution is -0.149. The molecule has 0 spiro atoms. The Balaban J connectivity index is 1.45. The minimum Gasteiger partial charge on any atom is -0.481 e. The van der Waals surface area contributed by atoms with Crippen LogP contribution in [0.2, 0.25) is 0 Å². The van der Waals surface area contributed by atoms with Crippen LogP contribution in [0.4, 0.5) is 0 Å². The highest BCUT2D eigenvalue weighted by atomic mass is 16.5. The Hall–Kier alpha value is -1.44. The van der Waals surface area contributed by atoms with E-state index < -0.39 is 11.4 Å². The Bertz CT molecular complexity index is 613. The lowest BCUT2D eigenvalue weighted by Gasteiger charge is -2.33. The van der Waals surface area contributed by atoms with Crippen molar-refractivity contribution in [2.24, 2.45) is 18.4 Å². The molecule has 3 fully saturated rings. The number of likely N-dealkylation sites (tertiary alicyclic amines) is 2. The third kappa shape index (κ3) is 2.74. The molecule has 132 valence electrons. The molecule has 1 N–H and O–H groups in total. The first-order chi connectivity index (χ1) is 11.6. The first-order valence-corrected chi connectivity index (χ1v) is 8.82. The van der Waals surface area contributed by atoms with E-state index in [1.165, 1.54) is 0 Å². The second-order valence-electron chi connectivity index (χ2n) is 7.62. The smallest absolute Gasteiger partial charge is 0.312 e. The number of carbonyl (C=O) groups is 1. The van der Waals surface area contributed by atoms with E-state index in [4.69, 9.17) is 4.74 Å². The van der Waals surface area contributed by atoms with Gasteiger partial charge in [-0.15, -0.1) is 0 Å². The summed E-state index contributed by atoms with van der Waals surface area (Å²) in [5.74, 6) is -0.412. The van der Waals surface area contributed by atoms with Gasteiger partial charge in [0.2, 0.25) is 0 Å². The number of ether oxygens (including phenoxy) is 1. The van der Waals surface area contributed by atoms with Gasteiger partial charge in [-0.3, -0.25) is 19.3 Å². The molecule has 3 saturated heterocycles. The van der Waals surface area contributed by atoms with Crippen LogP contribution >= 0.6 is 0 Å². The van der Waals surface area contributed by atoms with Crippen molar-refractivity contribution in [3.63, 3.8) is 0 Å². The highest BCUT2D eigenvalue weighted by Crippen LogP contribution is 2.44. The topological polar surface area (TPSA) is 70.8 Å². The molecule has 1 aromatic heterocycles. The van der Waals surface area contributed by atoms with Crippen LogP contribution in [0.1, 0.15) is 18.4 Å². The van der Waals surface area contributed by atoms with Crippen LogP contribution in [-0.2, 0) is 23.1 Å². The molecule has 3 aliphatic rings. The van der Waals surface area contributed by atoms with E-state index in [-0.39, 0.29) is 5.92 Å². The standard InChI is InChI=1S/C17H26N4O3/c1-19-7-13(6-18-19)8-20-9-14-10-21(15-2-4-24-5-3-15)12-17(14,11-20)16(22)23/h6-7,14-15H,2-5,8-12H2,1H3,(H,22,23)/t14-,17-/m0/s1. The molecule has 2 atom stereocenters. The summed E-state index contributed by atoms with van der Waals surface area (Å²) in [6.07, 6.45) is 5.94. The third-order valence-electron chi connectivity index (χ3n) is 6.00. The van der Waals surface area contributed by atoms with Crippen LogP contribution in [0.5, 0.6) is 0 Å². The quantitative estimate of drug-likeness (QED) is 0.860. The summed E-state index contributed by atoms with van der Waals surface area (Å²) in [5, 5.41) is 14.2. The third-order valence-corrected chi connectivity index (χ3v) is 6.00. The molecule has 1 aromatic rings. The van der Waals surface area contributed by atoms with Gasteiger partial charge in [0.1, 0.15) is 0 Å². The van der Waals surface area contributed by atoms with Crippen LogP contribution in [0.15, 0.2) is 12.4 Å². The van der Waals surface area contributed by atoms with Crippen LogP contribution in [0.3, 0.4) is 0 Å². The Morgan fingerprint density at radius 3 is 2.79 bits per heavy atom. The molecule has 4 heterocycles. The number of nitrogens with zero attached hydrogens (tertiary/aromatic N) is 4. The van der Waals surface area contributed by atoms with Gasteiger partial charge in [0, 0.05) is 76.7 Å². The monoisotopic (exact) mass is 334 g/mol. The Labute approximate surface area is 142 Å². The molecule has 0 bridgehead atoms. The van der Waals surface area contributed by atoms with Crippen molar-refractivity contribution in [3.05, 3.63) is 18.0 Å². The fourth-order valence-corrected chi connectivity index (χ4v) is 4.77. The molecule has 0 amide bonds. The van der Waals surface area contributed by atoms with Crippen molar-refractivity contribution in [2.75, 3.05) is 39.4 Å². The molecular formula is C17H26N4O3. The highest BCUT2D eigenvalue weighted by molar-refractivity contribution is 5.77. The first kappa shape index (κ1) is 16.1. The zero-order valence-electron chi connectivity index (χ0n) is 14.2. The summed E-state index contributed by atoms with van der Waals surface area (Å²) in [6.45, 7) is 5.49. The van der Waals surface area contributed by atoms with Gasteiger partial charge < -0.3 is 9.84 Å². The molecule has 3 aliphatic heterocycles. The molecule has 7 nitrogen and oxygen atoms in total. The maximum absolute atomic E-state index is 12.1. The second-order valence-corrected chi connectivity index (χ2v) is 7.62. The van der Waals surface area contributed by atoms with Crippen LogP contribution < -0.4 is 0 Å². The maximum Gasteiger partial charge on any atom is 0.312 e. The minimum atomic E-state index is -0.629. The number of aliphatic carboxylic acids is 1. The fraction of sp³-hybridized carbons (Fsp3) is 0.765. The SMILES string of the molecule is Cn1cc(CN2C[C@H]3CN(C4CCOCC4)C[C@@]3(C(=O)O)C2)cn1. The number of hydrogen-bond acceptors (Lipinski definition) is 5. The number of aryl methyl sites for hydroxylation is 1. The minimum absolute atomic E-state index is 0.217. The van der Waals surface area contributed by atoms with E-state index in [0.717, 1.165) is 51.3 Å². The molecule has 7 heteroatoms. The molecule has 0 unspecified atom stereocenters. The number of hydrogen-bond donors (Lipinski definition) is 1. The second kappa shape index (κ2) is 6.13. The average molecular weight is 334 g/mol. The van der Waals surface area contributed by atoms with Crippen LogP contribution in [0.25, 0.3) is 0 Å². The molecule has 0 radical (unpaired) electrons. The van der Waals surface area contributed by atoms with Gasteiger partial charge in [-0.1, -0.05) is 0 Å². The van der Waals surface area contributed by atoms with Crippen molar-refractivity contribution in [1.29, 1.82) is 0 Å². The van der Waals surface area contributed by atoms with E-state index >= 15 is 0 Å². The summed E-state index contributed by atoms with van der Waals surface area (Å²) < 4.78 is 7.25. The molecular weight excluding hydrogens is 308 g/mol. The Morgan fingerprint density at radius 2 is 2.17 bits per heavy atom. The largest absolute Gasteiger partial charge is 0.481 e. The van der Waals surface area contributed by atoms with Crippen molar-refractivity contribution in [2.45, 2.75) is 25.4 Å². The van der Waals surface area contributed by atoms with E-state index in [9.17, 15) is 9.90 Å². The van der Waals surface area contributed by atoms with E-state index in [0.29, 0.717) is 19.1 Å². The Morgan fingerprint density at radius 1 is 1.38 bits per heavy atom. The van der Waals surface area contributed by atoms with Gasteiger partial charge in [0.25, 0.3) is 0 Å². The van der Waals surface area contributed by atoms with Crippen molar-refractivity contribution < 1.29 is 14.6 Å². The van der Waals surface area contributed by atoms with E-state index in [1.54, 1.807) is 4.68 Å². The lowest BCUT2D eigenvalue weighted by Crippen LogP contribution is -2.44. The number of fused-ring (bicyclic) bond motifs is 1. The van der Waals surface area contributed by atoms with Gasteiger partial charge in [0.15, 0.2) is 0 Å². The molecule has 24 heavy (non-hydrogen) atoms. The number of aromatic nitrogens is 2. The zero-order chi connectivity index (χ0) is 16.7. The molecule has 0 saturated carbocycles. The predicted molar refractivity (Wildman–Crippen MR) is 87.5 cm³/mol. The summed E-state index contributed by atoms with van der Waals surface area (Å²) in [6, 6.07) is 0.493. The zero-order valence-corrected chi connectivity index (χ0v) is 14.2. The molecule has 0 aliphatic carbocycles. The number of carboxylic acid groups (broad SMARTS) is 1. The molecule has 0 aromatic carbocycles. The average Bonchev–Trinajstić information content (AvgIpc) is 3.21. The van der Waals surface area contributed by atoms with Crippen molar-refractivity contribution in [3.8, 4) is 0 Å². The summed E-state index contributed by atoms with van der Waals surface area (Å²) in [4.78, 5) is 16.8. The summed E-state index contributed by atoms with van der Waals surface area (Å²) >= 11 is 0. The van der Waals surface area contributed by atoms with Gasteiger partial charge in [-0.25, -0.2) is 0 Å².